The van der Waals surface area contributed by atoms with Crippen LogP contribution < -0.4 is 10.6 Å². The molecule has 3 heterocycles. The van der Waals surface area contributed by atoms with Gasteiger partial charge in [-0.05, 0) is 31.8 Å². The lowest BCUT2D eigenvalue weighted by Crippen LogP contribution is -2.32. The van der Waals surface area contributed by atoms with E-state index in [0.717, 1.165) is 24.8 Å². The molecule has 1 unspecified atom stereocenters. The highest BCUT2D eigenvalue weighted by atomic mass is 32.2. The standard InChI is InChI=1S/C13H20N8OS/c22-12(15-4-5-23-13-16-9-17-19-13)11-8-21(20-18-11)7-10-2-1-3-14-6-10/h8-10,14H,1-7H2,(H,15,22)(H,16,17,19). The van der Waals surface area contributed by atoms with Crippen LogP contribution in [-0.2, 0) is 6.54 Å². The maximum absolute atomic E-state index is 12.0. The van der Waals surface area contributed by atoms with Gasteiger partial charge in [0.1, 0.15) is 6.33 Å². The van der Waals surface area contributed by atoms with E-state index < -0.39 is 0 Å². The van der Waals surface area contributed by atoms with E-state index in [2.05, 4.69) is 36.1 Å². The van der Waals surface area contributed by atoms with Gasteiger partial charge in [0.25, 0.3) is 5.91 Å². The van der Waals surface area contributed by atoms with Gasteiger partial charge in [0.05, 0.1) is 6.20 Å². The second-order valence-electron chi connectivity index (χ2n) is 5.43. The van der Waals surface area contributed by atoms with Crippen LogP contribution in [0.1, 0.15) is 23.3 Å². The lowest BCUT2D eigenvalue weighted by molar-refractivity contribution is 0.0951. The summed E-state index contributed by atoms with van der Waals surface area (Å²) in [6, 6.07) is 0. The lowest BCUT2D eigenvalue weighted by Gasteiger charge is -2.22. The van der Waals surface area contributed by atoms with Crippen LogP contribution in [0.15, 0.2) is 17.7 Å². The third kappa shape index (κ3) is 4.76. The number of nitrogens with zero attached hydrogens (tertiary/aromatic N) is 5. The van der Waals surface area contributed by atoms with E-state index in [1.807, 2.05) is 0 Å². The van der Waals surface area contributed by atoms with Crippen molar-refractivity contribution >= 4 is 17.7 Å². The zero-order valence-corrected chi connectivity index (χ0v) is 13.6. The highest BCUT2D eigenvalue weighted by molar-refractivity contribution is 7.99. The summed E-state index contributed by atoms with van der Waals surface area (Å²) < 4.78 is 1.76. The molecule has 1 aliphatic heterocycles. The maximum atomic E-state index is 12.0. The van der Waals surface area contributed by atoms with Gasteiger partial charge in [-0.15, -0.1) is 5.10 Å². The van der Waals surface area contributed by atoms with E-state index in [-0.39, 0.29) is 5.91 Å². The van der Waals surface area contributed by atoms with Gasteiger partial charge in [-0.2, -0.15) is 5.10 Å². The van der Waals surface area contributed by atoms with Crippen molar-refractivity contribution in [1.29, 1.82) is 0 Å². The van der Waals surface area contributed by atoms with Crippen molar-refractivity contribution in [2.75, 3.05) is 25.4 Å². The minimum Gasteiger partial charge on any atom is -0.350 e. The largest absolute Gasteiger partial charge is 0.350 e. The molecular formula is C13H20N8OS. The second kappa shape index (κ2) is 8.06. The fourth-order valence-corrected chi connectivity index (χ4v) is 3.14. The molecule has 2 aromatic heterocycles. The number of carbonyl (C=O) groups is 1. The molecule has 0 saturated carbocycles. The van der Waals surface area contributed by atoms with Crippen molar-refractivity contribution in [2.45, 2.75) is 24.5 Å². The first kappa shape index (κ1) is 15.9. The highest BCUT2D eigenvalue weighted by Gasteiger charge is 2.16. The zero-order valence-electron chi connectivity index (χ0n) is 12.7. The Morgan fingerprint density at radius 3 is 3.26 bits per heavy atom. The van der Waals surface area contributed by atoms with Crippen molar-refractivity contribution in [1.82, 2.24) is 40.8 Å². The van der Waals surface area contributed by atoms with E-state index in [0.29, 0.717) is 23.9 Å². The fraction of sp³-hybridized carbons (Fsp3) is 0.615. The number of carbonyl (C=O) groups excluding carboxylic acids is 1. The van der Waals surface area contributed by atoms with E-state index >= 15 is 0 Å². The number of amides is 1. The van der Waals surface area contributed by atoms with E-state index in [9.17, 15) is 4.79 Å². The van der Waals surface area contributed by atoms with E-state index in [1.165, 1.54) is 30.9 Å². The Balaban J connectivity index is 1.40. The van der Waals surface area contributed by atoms with Gasteiger partial charge in [0.15, 0.2) is 10.9 Å². The Morgan fingerprint density at radius 2 is 2.48 bits per heavy atom. The molecule has 0 spiro atoms. The normalized spacial score (nSPS) is 18.0. The number of H-pyrrole nitrogens is 1. The number of rotatable bonds is 7. The molecule has 1 fully saturated rings. The molecule has 9 nitrogen and oxygen atoms in total. The van der Waals surface area contributed by atoms with Crippen LogP contribution in [0.5, 0.6) is 0 Å². The van der Waals surface area contributed by atoms with Crippen molar-refractivity contribution in [3.8, 4) is 0 Å². The summed E-state index contributed by atoms with van der Waals surface area (Å²) >= 11 is 1.50. The van der Waals surface area contributed by atoms with Gasteiger partial charge in [-0.1, -0.05) is 17.0 Å². The van der Waals surface area contributed by atoms with Crippen LogP contribution in [0.3, 0.4) is 0 Å². The molecule has 10 heteroatoms. The first-order chi connectivity index (χ1) is 11.3. The number of hydrogen-bond donors (Lipinski definition) is 3. The molecule has 0 aliphatic carbocycles. The van der Waals surface area contributed by atoms with Crippen molar-refractivity contribution in [2.24, 2.45) is 5.92 Å². The molecule has 1 aliphatic rings. The third-order valence-corrected chi connectivity index (χ3v) is 4.51. The first-order valence-corrected chi connectivity index (χ1v) is 8.67. The Labute approximate surface area is 138 Å². The van der Waals surface area contributed by atoms with Crippen molar-refractivity contribution in [3.63, 3.8) is 0 Å². The Kier molecular flexibility index (Phi) is 5.59. The molecule has 23 heavy (non-hydrogen) atoms. The zero-order chi connectivity index (χ0) is 15.9. The molecule has 2 aromatic rings. The van der Waals surface area contributed by atoms with Gasteiger partial charge in [0, 0.05) is 18.8 Å². The predicted molar refractivity (Wildman–Crippen MR) is 85.1 cm³/mol. The summed E-state index contributed by atoms with van der Waals surface area (Å²) in [5.41, 5.74) is 0.360. The fourth-order valence-electron chi connectivity index (χ4n) is 2.50. The summed E-state index contributed by atoms with van der Waals surface area (Å²) in [6.07, 6.45) is 5.55. The van der Waals surface area contributed by atoms with Crippen LogP contribution in [0.25, 0.3) is 0 Å². The molecule has 0 aromatic carbocycles. The molecule has 1 atom stereocenters. The quantitative estimate of drug-likeness (QED) is 0.478. The smallest absolute Gasteiger partial charge is 0.273 e. The highest BCUT2D eigenvalue weighted by Crippen LogP contribution is 2.12. The summed E-state index contributed by atoms with van der Waals surface area (Å²) in [5.74, 6) is 1.07. The summed E-state index contributed by atoms with van der Waals surface area (Å²) in [6.45, 7) is 3.42. The number of thioether (sulfide) groups is 1. The van der Waals surface area contributed by atoms with E-state index in [1.54, 1.807) is 10.9 Å². The number of aromatic nitrogens is 6. The third-order valence-electron chi connectivity index (χ3n) is 3.63. The summed E-state index contributed by atoms with van der Waals surface area (Å²) in [4.78, 5) is 16.0. The molecule has 0 radical (unpaired) electrons. The number of aromatic amines is 1. The van der Waals surface area contributed by atoms with Crippen LogP contribution in [0, 0.1) is 5.92 Å². The number of piperidine rings is 1. The minimum absolute atomic E-state index is 0.198. The summed E-state index contributed by atoms with van der Waals surface area (Å²) in [5, 5.41) is 21.5. The second-order valence-corrected chi connectivity index (χ2v) is 6.52. The first-order valence-electron chi connectivity index (χ1n) is 7.68. The topological polar surface area (TPSA) is 113 Å². The Morgan fingerprint density at radius 1 is 1.52 bits per heavy atom. The summed E-state index contributed by atoms with van der Waals surface area (Å²) in [7, 11) is 0. The molecule has 3 N–H and O–H groups in total. The SMILES string of the molecule is O=C(NCCSc1ncn[nH]1)c1cn(CC2CCCNC2)nn1. The van der Waals surface area contributed by atoms with Gasteiger partial charge >= 0.3 is 0 Å². The Hall–Kier alpha value is -1.94. The van der Waals surface area contributed by atoms with Gasteiger partial charge in [-0.25, -0.2) is 4.98 Å². The van der Waals surface area contributed by atoms with Crippen LogP contribution in [0.4, 0.5) is 0 Å². The lowest BCUT2D eigenvalue weighted by atomic mass is 10.00. The number of nitrogens with one attached hydrogen (secondary N) is 3. The van der Waals surface area contributed by atoms with Gasteiger partial charge < -0.3 is 10.6 Å². The van der Waals surface area contributed by atoms with Crippen LogP contribution >= 0.6 is 11.8 Å². The number of hydrogen-bond acceptors (Lipinski definition) is 7. The average molecular weight is 336 g/mol. The molecular weight excluding hydrogens is 316 g/mol. The van der Waals surface area contributed by atoms with Crippen LogP contribution in [-0.4, -0.2) is 61.5 Å². The van der Waals surface area contributed by atoms with Gasteiger partial charge in [-0.3, -0.25) is 14.6 Å². The minimum atomic E-state index is -0.198. The predicted octanol–water partition coefficient (Wildman–Crippen LogP) is -0.0821. The molecule has 0 bridgehead atoms. The maximum Gasteiger partial charge on any atom is 0.273 e. The Bertz CT molecular complexity index is 607. The molecule has 1 amide bonds. The van der Waals surface area contributed by atoms with Gasteiger partial charge in [0.2, 0.25) is 0 Å². The van der Waals surface area contributed by atoms with E-state index in [4.69, 9.17) is 0 Å². The van der Waals surface area contributed by atoms with Crippen molar-refractivity contribution in [3.05, 3.63) is 18.2 Å². The molecule has 3 rings (SSSR count). The average Bonchev–Trinajstić information content (AvgIpc) is 3.24. The van der Waals surface area contributed by atoms with Crippen molar-refractivity contribution < 1.29 is 4.79 Å². The van der Waals surface area contributed by atoms with Crippen LogP contribution in [0.2, 0.25) is 0 Å². The monoisotopic (exact) mass is 336 g/mol. The molecule has 124 valence electrons. The molecule has 1 saturated heterocycles.